The van der Waals surface area contributed by atoms with Crippen LogP contribution in [0.2, 0.25) is 0 Å². The van der Waals surface area contributed by atoms with Crippen molar-refractivity contribution in [1.82, 2.24) is 4.98 Å². The van der Waals surface area contributed by atoms with Crippen LogP contribution in [0.4, 0.5) is 17.2 Å². The Bertz CT molecular complexity index is 516. The van der Waals surface area contributed by atoms with Crippen LogP contribution in [0.15, 0.2) is 42.6 Å². The minimum Gasteiger partial charge on any atom is -0.380 e. The third-order valence-corrected chi connectivity index (χ3v) is 2.50. The van der Waals surface area contributed by atoms with Crippen LogP contribution in [-0.4, -0.2) is 12.1 Å². The first-order valence-corrected chi connectivity index (χ1v) is 5.60. The third kappa shape index (κ3) is 2.97. The second-order valence-corrected chi connectivity index (χ2v) is 3.79. The number of anilines is 3. The van der Waals surface area contributed by atoms with Gasteiger partial charge in [0.15, 0.2) is 0 Å². The Labute approximate surface area is 106 Å². The number of nitrogen functional groups attached to an aromatic ring is 1. The van der Waals surface area contributed by atoms with E-state index in [2.05, 4.69) is 15.7 Å². The standard InChI is InChI=1S/C13H16N4O/c1-18-9-10-4-2-3-5-12(10)16-11-6-7-15-13(8-11)17-14/h2-8H,9,14H2,1H3,(H2,15,16,17). The van der Waals surface area contributed by atoms with Gasteiger partial charge in [-0.2, -0.15) is 0 Å². The molecule has 2 aromatic rings. The Morgan fingerprint density at radius 3 is 2.89 bits per heavy atom. The fourth-order valence-corrected chi connectivity index (χ4v) is 1.67. The van der Waals surface area contributed by atoms with Crippen molar-refractivity contribution < 1.29 is 4.74 Å². The summed E-state index contributed by atoms with van der Waals surface area (Å²) < 4.78 is 5.17. The summed E-state index contributed by atoms with van der Waals surface area (Å²) in [4.78, 5) is 4.06. The number of nitrogens with zero attached hydrogens (tertiary/aromatic N) is 1. The number of nitrogens with one attached hydrogen (secondary N) is 2. The molecule has 1 aromatic heterocycles. The molecule has 0 aliphatic heterocycles. The number of ether oxygens (including phenoxy) is 1. The predicted molar refractivity (Wildman–Crippen MR) is 72.5 cm³/mol. The van der Waals surface area contributed by atoms with Crippen molar-refractivity contribution in [2.24, 2.45) is 5.84 Å². The molecule has 0 bridgehead atoms. The molecular formula is C13H16N4O. The van der Waals surface area contributed by atoms with Crippen molar-refractivity contribution in [2.75, 3.05) is 17.9 Å². The summed E-state index contributed by atoms with van der Waals surface area (Å²) in [6.07, 6.45) is 1.69. The highest BCUT2D eigenvalue weighted by Gasteiger charge is 2.02. The molecule has 5 heteroatoms. The third-order valence-electron chi connectivity index (χ3n) is 2.50. The van der Waals surface area contributed by atoms with Gasteiger partial charge in [-0.25, -0.2) is 10.8 Å². The summed E-state index contributed by atoms with van der Waals surface area (Å²) in [6.45, 7) is 0.566. The first-order chi connectivity index (χ1) is 8.83. The largest absolute Gasteiger partial charge is 0.380 e. The molecule has 0 aliphatic rings. The second kappa shape index (κ2) is 6.00. The lowest BCUT2D eigenvalue weighted by Crippen LogP contribution is -2.08. The number of para-hydroxylation sites is 1. The molecule has 0 unspecified atom stereocenters. The molecule has 1 aromatic carbocycles. The molecule has 0 saturated heterocycles. The fourth-order valence-electron chi connectivity index (χ4n) is 1.67. The number of hydrogen-bond donors (Lipinski definition) is 3. The molecule has 0 fully saturated rings. The van der Waals surface area contributed by atoms with Crippen LogP contribution >= 0.6 is 0 Å². The minimum absolute atomic E-state index is 0.566. The highest BCUT2D eigenvalue weighted by atomic mass is 16.5. The van der Waals surface area contributed by atoms with Crippen molar-refractivity contribution in [3.8, 4) is 0 Å². The maximum Gasteiger partial charge on any atom is 0.141 e. The number of rotatable bonds is 5. The van der Waals surface area contributed by atoms with Gasteiger partial charge in [0.1, 0.15) is 5.82 Å². The Balaban J connectivity index is 2.22. The zero-order valence-electron chi connectivity index (χ0n) is 10.2. The molecule has 0 amide bonds. The molecule has 1 heterocycles. The highest BCUT2D eigenvalue weighted by molar-refractivity contribution is 5.65. The van der Waals surface area contributed by atoms with E-state index in [1.54, 1.807) is 13.3 Å². The van der Waals surface area contributed by atoms with E-state index in [0.29, 0.717) is 12.4 Å². The molecule has 0 atom stereocenters. The number of hydrazine groups is 1. The van der Waals surface area contributed by atoms with Crippen LogP contribution in [-0.2, 0) is 11.3 Å². The summed E-state index contributed by atoms with van der Waals surface area (Å²) in [6, 6.07) is 11.7. The summed E-state index contributed by atoms with van der Waals surface area (Å²) in [5.41, 5.74) is 5.54. The van der Waals surface area contributed by atoms with Crippen molar-refractivity contribution in [3.63, 3.8) is 0 Å². The number of methoxy groups -OCH3 is 1. The van der Waals surface area contributed by atoms with E-state index < -0.39 is 0 Å². The maximum atomic E-state index is 5.33. The van der Waals surface area contributed by atoms with Gasteiger partial charge in [0.2, 0.25) is 0 Å². The van der Waals surface area contributed by atoms with Gasteiger partial charge in [-0.3, -0.25) is 0 Å². The average Bonchev–Trinajstić information content (AvgIpc) is 2.41. The van der Waals surface area contributed by atoms with Gasteiger partial charge in [0.25, 0.3) is 0 Å². The molecular weight excluding hydrogens is 228 g/mol. The van der Waals surface area contributed by atoms with Crippen LogP contribution in [0.1, 0.15) is 5.56 Å². The number of hydrogen-bond acceptors (Lipinski definition) is 5. The van der Waals surface area contributed by atoms with E-state index in [1.165, 1.54) is 0 Å². The van der Waals surface area contributed by atoms with Crippen molar-refractivity contribution in [3.05, 3.63) is 48.2 Å². The van der Waals surface area contributed by atoms with Crippen molar-refractivity contribution in [1.29, 1.82) is 0 Å². The summed E-state index contributed by atoms with van der Waals surface area (Å²) >= 11 is 0. The first-order valence-electron chi connectivity index (χ1n) is 5.60. The zero-order chi connectivity index (χ0) is 12.8. The molecule has 0 saturated carbocycles. The van der Waals surface area contributed by atoms with Gasteiger partial charge >= 0.3 is 0 Å². The summed E-state index contributed by atoms with van der Waals surface area (Å²) in [5.74, 6) is 5.94. The van der Waals surface area contributed by atoms with E-state index in [9.17, 15) is 0 Å². The summed E-state index contributed by atoms with van der Waals surface area (Å²) in [5, 5.41) is 3.32. The number of benzene rings is 1. The van der Waals surface area contributed by atoms with E-state index in [-0.39, 0.29) is 0 Å². The van der Waals surface area contributed by atoms with Gasteiger partial charge in [0, 0.05) is 36.3 Å². The van der Waals surface area contributed by atoms with Crippen LogP contribution in [0.3, 0.4) is 0 Å². The van der Waals surface area contributed by atoms with Crippen LogP contribution in [0.5, 0.6) is 0 Å². The lowest BCUT2D eigenvalue weighted by atomic mass is 10.2. The van der Waals surface area contributed by atoms with E-state index in [1.807, 2.05) is 36.4 Å². The lowest BCUT2D eigenvalue weighted by molar-refractivity contribution is 0.185. The molecule has 5 nitrogen and oxygen atoms in total. The Morgan fingerprint density at radius 2 is 2.11 bits per heavy atom. The molecule has 0 radical (unpaired) electrons. The fraction of sp³-hybridized carbons (Fsp3) is 0.154. The van der Waals surface area contributed by atoms with Gasteiger partial charge in [-0.05, 0) is 12.1 Å². The Hall–Kier alpha value is -2.11. The van der Waals surface area contributed by atoms with E-state index in [0.717, 1.165) is 16.9 Å². The molecule has 4 N–H and O–H groups in total. The normalized spacial score (nSPS) is 10.1. The monoisotopic (exact) mass is 244 g/mol. The highest BCUT2D eigenvalue weighted by Crippen LogP contribution is 2.22. The maximum absolute atomic E-state index is 5.33. The molecule has 94 valence electrons. The van der Waals surface area contributed by atoms with Crippen molar-refractivity contribution >= 4 is 17.2 Å². The quantitative estimate of drug-likeness (QED) is 0.556. The topological polar surface area (TPSA) is 72.2 Å². The van der Waals surface area contributed by atoms with Gasteiger partial charge in [0.05, 0.1) is 6.61 Å². The van der Waals surface area contributed by atoms with Crippen LogP contribution < -0.4 is 16.6 Å². The average molecular weight is 244 g/mol. The minimum atomic E-state index is 0.566. The Morgan fingerprint density at radius 1 is 1.28 bits per heavy atom. The predicted octanol–water partition coefficient (Wildman–Crippen LogP) is 2.26. The van der Waals surface area contributed by atoms with Gasteiger partial charge in [-0.1, -0.05) is 18.2 Å². The summed E-state index contributed by atoms with van der Waals surface area (Å²) in [7, 11) is 1.68. The van der Waals surface area contributed by atoms with Crippen LogP contribution in [0.25, 0.3) is 0 Å². The first kappa shape index (κ1) is 12.3. The van der Waals surface area contributed by atoms with Crippen molar-refractivity contribution in [2.45, 2.75) is 6.61 Å². The SMILES string of the molecule is COCc1ccccc1Nc1ccnc(NN)c1. The second-order valence-electron chi connectivity index (χ2n) is 3.79. The molecule has 18 heavy (non-hydrogen) atoms. The zero-order valence-corrected chi connectivity index (χ0v) is 10.2. The molecule has 0 spiro atoms. The van der Waals surface area contributed by atoms with E-state index in [4.69, 9.17) is 10.6 Å². The van der Waals surface area contributed by atoms with Gasteiger partial charge < -0.3 is 15.5 Å². The molecule has 0 aliphatic carbocycles. The Kier molecular flexibility index (Phi) is 4.11. The smallest absolute Gasteiger partial charge is 0.141 e. The number of nitrogens with two attached hydrogens (primary N) is 1. The lowest BCUT2D eigenvalue weighted by Gasteiger charge is -2.12. The number of pyridine rings is 1. The van der Waals surface area contributed by atoms with E-state index >= 15 is 0 Å². The molecule has 2 rings (SSSR count). The van der Waals surface area contributed by atoms with Crippen LogP contribution in [0, 0.1) is 0 Å². The van der Waals surface area contributed by atoms with Gasteiger partial charge in [-0.15, -0.1) is 0 Å². The number of aromatic nitrogens is 1.